The van der Waals surface area contributed by atoms with Crippen molar-refractivity contribution in [1.82, 2.24) is 0 Å². The first kappa shape index (κ1) is 12.2. The van der Waals surface area contributed by atoms with Crippen LogP contribution in [0.4, 0.5) is 13.2 Å². The molecule has 1 nitrogen and oxygen atoms in total. The van der Waals surface area contributed by atoms with Crippen LogP contribution in [0.25, 0.3) is 0 Å². The lowest BCUT2D eigenvalue weighted by molar-refractivity contribution is -0.156. The van der Waals surface area contributed by atoms with Crippen LogP contribution in [0.3, 0.4) is 0 Å². The van der Waals surface area contributed by atoms with Gasteiger partial charge < -0.3 is 0 Å². The van der Waals surface area contributed by atoms with Crippen LogP contribution < -0.4 is 0 Å². The molecule has 0 aliphatic carbocycles. The SMILES string of the molecule is Brc1ccccc1.O=CC(F)(F)F. The molecule has 5 heteroatoms. The molecule has 0 aliphatic rings. The highest BCUT2D eigenvalue weighted by atomic mass is 79.9. The van der Waals surface area contributed by atoms with Gasteiger partial charge in [0.2, 0.25) is 6.29 Å². The Hall–Kier alpha value is -0.840. The molecule has 0 heterocycles. The Kier molecular flexibility index (Phi) is 5.37. The van der Waals surface area contributed by atoms with Crippen LogP contribution in [0, 0.1) is 0 Å². The van der Waals surface area contributed by atoms with Crippen molar-refractivity contribution in [2.75, 3.05) is 0 Å². The van der Waals surface area contributed by atoms with Gasteiger partial charge in [-0.3, -0.25) is 4.79 Å². The molecule has 0 unspecified atom stereocenters. The molecule has 0 fully saturated rings. The van der Waals surface area contributed by atoms with E-state index < -0.39 is 12.5 Å². The monoisotopic (exact) mass is 254 g/mol. The Morgan fingerprint density at radius 2 is 1.54 bits per heavy atom. The van der Waals surface area contributed by atoms with Crippen molar-refractivity contribution in [3.63, 3.8) is 0 Å². The van der Waals surface area contributed by atoms with Crippen LogP contribution in [-0.2, 0) is 4.79 Å². The van der Waals surface area contributed by atoms with Crippen LogP contribution in [0.1, 0.15) is 0 Å². The van der Waals surface area contributed by atoms with E-state index in [-0.39, 0.29) is 0 Å². The smallest absolute Gasteiger partial charge is 0.293 e. The predicted molar refractivity (Wildman–Crippen MR) is 46.3 cm³/mol. The number of carbonyl (C=O) groups is 1. The fraction of sp³-hybridized carbons (Fsp3) is 0.125. The minimum atomic E-state index is -4.64. The van der Waals surface area contributed by atoms with E-state index in [1.165, 1.54) is 0 Å². The molecule has 0 saturated heterocycles. The zero-order valence-electron chi connectivity index (χ0n) is 6.38. The molecular weight excluding hydrogens is 249 g/mol. The molecular formula is C8H6BrF3O. The summed E-state index contributed by atoms with van der Waals surface area (Å²) < 4.78 is 32.4. The molecule has 0 radical (unpaired) electrons. The number of aldehydes is 1. The van der Waals surface area contributed by atoms with Gasteiger partial charge in [0.05, 0.1) is 0 Å². The summed E-state index contributed by atoms with van der Waals surface area (Å²) in [5, 5.41) is 0. The first-order valence-electron chi connectivity index (χ1n) is 3.19. The lowest BCUT2D eigenvalue weighted by Gasteiger charge is -1.87. The van der Waals surface area contributed by atoms with Gasteiger partial charge >= 0.3 is 6.18 Å². The maximum Gasteiger partial charge on any atom is 0.446 e. The fourth-order valence-electron chi connectivity index (χ4n) is 0.415. The molecule has 1 aromatic rings. The Morgan fingerprint density at radius 1 is 1.15 bits per heavy atom. The molecule has 1 aromatic carbocycles. The number of alkyl halides is 3. The average Bonchev–Trinajstić information content (AvgIpc) is 2.06. The van der Waals surface area contributed by atoms with Crippen molar-refractivity contribution < 1.29 is 18.0 Å². The van der Waals surface area contributed by atoms with E-state index in [1.807, 2.05) is 30.3 Å². The summed E-state index contributed by atoms with van der Waals surface area (Å²) in [4.78, 5) is 8.70. The average molecular weight is 255 g/mol. The summed E-state index contributed by atoms with van der Waals surface area (Å²) >= 11 is 3.31. The number of carbonyl (C=O) groups excluding carboxylic acids is 1. The standard InChI is InChI=1S/C6H5Br.C2HF3O/c7-6-4-2-1-3-5-6;3-2(4,5)1-6/h1-5H;1H. The van der Waals surface area contributed by atoms with Gasteiger partial charge in [0.15, 0.2) is 0 Å². The lowest BCUT2D eigenvalue weighted by atomic mass is 10.4. The van der Waals surface area contributed by atoms with Crippen LogP contribution in [0.5, 0.6) is 0 Å². The molecule has 0 amide bonds. The predicted octanol–water partition coefficient (Wildman–Crippen LogP) is 3.20. The molecule has 1 rings (SSSR count). The van der Waals surface area contributed by atoms with E-state index in [0.29, 0.717) is 0 Å². The normalized spacial score (nSPS) is 9.85. The summed E-state index contributed by atoms with van der Waals surface area (Å²) in [5.41, 5.74) is 0. The largest absolute Gasteiger partial charge is 0.446 e. The number of benzene rings is 1. The maximum absolute atomic E-state index is 10.4. The first-order chi connectivity index (χ1) is 5.95. The molecule has 0 N–H and O–H groups in total. The molecule has 0 aromatic heterocycles. The highest BCUT2D eigenvalue weighted by Crippen LogP contribution is 2.08. The molecule has 13 heavy (non-hydrogen) atoms. The summed E-state index contributed by atoms with van der Waals surface area (Å²) in [5.74, 6) is 0. The number of rotatable bonds is 0. The third-order valence-corrected chi connectivity index (χ3v) is 1.40. The van der Waals surface area contributed by atoms with Crippen LogP contribution >= 0.6 is 15.9 Å². The minimum absolute atomic E-state index is 1.06. The second kappa shape index (κ2) is 5.75. The summed E-state index contributed by atoms with van der Waals surface area (Å²) in [6.07, 6.45) is -5.70. The summed E-state index contributed by atoms with van der Waals surface area (Å²) in [6, 6.07) is 9.97. The molecule has 0 spiro atoms. The fourth-order valence-corrected chi connectivity index (χ4v) is 0.720. The van der Waals surface area contributed by atoms with Crippen LogP contribution in [0.2, 0.25) is 0 Å². The molecule has 0 aliphatic heterocycles. The van der Waals surface area contributed by atoms with Gasteiger partial charge in [0, 0.05) is 4.47 Å². The van der Waals surface area contributed by atoms with Crippen molar-refractivity contribution in [3.05, 3.63) is 34.8 Å². The Labute approximate surface area is 81.7 Å². The van der Waals surface area contributed by atoms with Gasteiger partial charge in [-0.05, 0) is 12.1 Å². The van der Waals surface area contributed by atoms with E-state index >= 15 is 0 Å². The zero-order chi connectivity index (χ0) is 10.3. The van der Waals surface area contributed by atoms with E-state index in [4.69, 9.17) is 4.79 Å². The quantitative estimate of drug-likeness (QED) is 0.650. The number of halogens is 4. The molecule has 0 saturated carbocycles. The van der Waals surface area contributed by atoms with Crippen molar-refractivity contribution in [2.45, 2.75) is 6.18 Å². The minimum Gasteiger partial charge on any atom is -0.293 e. The molecule has 0 bridgehead atoms. The van der Waals surface area contributed by atoms with Crippen molar-refractivity contribution >= 4 is 22.2 Å². The van der Waals surface area contributed by atoms with E-state index in [0.717, 1.165) is 4.47 Å². The van der Waals surface area contributed by atoms with Gasteiger partial charge in [-0.2, -0.15) is 13.2 Å². The van der Waals surface area contributed by atoms with Gasteiger partial charge in [0.1, 0.15) is 0 Å². The highest BCUT2D eigenvalue weighted by Gasteiger charge is 2.24. The van der Waals surface area contributed by atoms with Gasteiger partial charge in [0.25, 0.3) is 0 Å². The van der Waals surface area contributed by atoms with E-state index in [1.54, 1.807) is 0 Å². The van der Waals surface area contributed by atoms with E-state index in [2.05, 4.69) is 15.9 Å². The van der Waals surface area contributed by atoms with Gasteiger partial charge in [-0.25, -0.2) is 0 Å². The summed E-state index contributed by atoms with van der Waals surface area (Å²) in [7, 11) is 0. The topological polar surface area (TPSA) is 17.1 Å². The number of hydrogen-bond donors (Lipinski definition) is 0. The summed E-state index contributed by atoms with van der Waals surface area (Å²) in [6.45, 7) is 0. The second-order valence-electron chi connectivity index (χ2n) is 1.96. The van der Waals surface area contributed by atoms with E-state index in [9.17, 15) is 13.2 Å². The molecule has 72 valence electrons. The van der Waals surface area contributed by atoms with Gasteiger partial charge in [-0.1, -0.05) is 34.1 Å². The zero-order valence-corrected chi connectivity index (χ0v) is 7.97. The Balaban J connectivity index is 0.000000226. The second-order valence-corrected chi connectivity index (χ2v) is 2.87. The highest BCUT2D eigenvalue weighted by molar-refractivity contribution is 9.10. The Morgan fingerprint density at radius 3 is 1.69 bits per heavy atom. The third-order valence-electron chi connectivity index (χ3n) is 0.867. The van der Waals surface area contributed by atoms with Crippen molar-refractivity contribution in [2.24, 2.45) is 0 Å². The maximum atomic E-state index is 10.4. The molecule has 0 atom stereocenters. The lowest BCUT2D eigenvalue weighted by Crippen LogP contribution is -2.07. The first-order valence-corrected chi connectivity index (χ1v) is 3.98. The number of hydrogen-bond acceptors (Lipinski definition) is 1. The van der Waals surface area contributed by atoms with Gasteiger partial charge in [-0.15, -0.1) is 0 Å². The van der Waals surface area contributed by atoms with Crippen LogP contribution in [0.15, 0.2) is 34.8 Å². The Bertz CT molecular complexity index is 245. The third kappa shape index (κ3) is 9.07. The van der Waals surface area contributed by atoms with Crippen molar-refractivity contribution in [1.29, 1.82) is 0 Å². The van der Waals surface area contributed by atoms with Crippen LogP contribution in [-0.4, -0.2) is 12.5 Å². The van der Waals surface area contributed by atoms with Crippen molar-refractivity contribution in [3.8, 4) is 0 Å².